The minimum Gasteiger partial charge on any atom is -0.479 e. The molecule has 2 heterocycles. The smallest absolute Gasteiger partial charge is 0.416 e. The van der Waals surface area contributed by atoms with Crippen molar-refractivity contribution in [3.63, 3.8) is 0 Å². The Morgan fingerprint density at radius 2 is 1.97 bits per heavy atom. The van der Waals surface area contributed by atoms with Gasteiger partial charge in [-0.3, -0.25) is 5.41 Å². The summed E-state index contributed by atoms with van der Waals surface area (Å²) >= 11 is 0. The molecule has 174 valence electrons. The molecule has 4 rings (SSSR count). The van der Waals surface area contributed by atoms with Crippen LogP contribution in [-0.2, 0) is 17.3 Å². The van der Waals surface area contributed by atoms with E-state index in [0.29, 0.717) is 54.6 Å². The highest BCUT2D eigenvalue weighted by atomic mass is 19.4. The Morgan fingerprint density at radius 3 is 2.69 bits per heavy atom. The zero-order valence-electron chi connectivity index (χ0n) is 18.3. The van der Waals surface area contributed by atoms with Crippen molar-refractivity contribution < 1.29 is 17.9 Å². The van der Waals surface area contributed by atoms with Gasteiger partial charge in [-0.15, -0.1) is 0 Å². The number of hydrogen-bond acceptors (Lipinski definition) is 3. The molecule has 3 aliphatic rings. The van der Waals surface area contributed by atoms with Crippen LogP contribution < -0.4 is 5.73 Å². The fraction of sp³-hybridized carbons (Fsp3) is 0.583. The molecular weight excluding hydrogens is 417 g/mol. The molecule has 1 aromatic rings. The fourth-order valence-electron chi connectivity index (χ4n) is 5.10. The predicted octanol–water partition coefficient (Wildman–Crippen LogP) is 5.35. The van der Waals surface area contributed by atoms with E-state index in [1.165, 1.54) is 18.9 Å². The number of aliphatic imine (C=N–C) groups is 1. The Bertz CT molecular complexity index is 903. The third kappa shape index (κ3) is 5.10. The van der Waals surface area contributed by atoms with E-state index in [1.54, 1.807) is 17.0 Å². The molecule has 0 bridgehead atoms. The third-order valence-corrected chi connectivity index (χ3v) is 6.79. The minimum absolute atomic E-state index is 0.0421. The number of ether oxygens (including phenoxy) is 1. The lowest BCUT2D eigenvalue weighted by Crippen LogP contribution is -2.44. The molecular formula is C24H31F3N4O. The van der Waals surface area contributed by atoms with Crippen molar-refractivity contribution >= 4 is 17.6 Å². The first-order valence-corrected chi connectivity index (χ1v) is 11.6. The predicted molar refractivity (Wildman–Crippen MR) is 119 cm³/mol. The molecule has 1 saturated carbocycles. The Balaban J connectivity index is 1.61. The van der Waals surface area contributed by atoms with Crippen molar-refractivity contribution in [3.05, 3.63) is 41.0 Å². The second-order valence-electron chi connectivity index (χ2n) is 8.97. The topological polar surface area (TPSA) is 74.7 Å². The largest absolute Gasteiger partial charge is 0.479 e. The minimum atomic E-state index is -4.41. The van der Waals surface area contributed by atoms with Crippen LogP contribution in [0.3, 0.4) is 0 Å². The third-order valence-electron chi connectivity index (χ3n) is 6.79. The number of aryl methyl sites for hydroxylation is 1. The van der Waals surface area contributed by atoms with Crippen molar-refractivity contribution in [1.82, 2.24) is 4.90 Å². The number of hydrogen-bond donors (Lipinski definition) is 2. The Labute approximate surface area is 187 Å². The van der Waals surface area contributed by atoms with Crippen molar-refractivity contribution in [2.75, 3.05) is 13.2 Å². The number of benzene rings is 1. The molecule has 32 heavy (non-hydrogen) atoms. The summed E-state index contributed by atoms with van der Waals surface area (Å²) in [4.78, 5) is 6.35. The van der Waals surface area contributed by atoms with E-state index < -0.39 is 11.7 Å². The number of alkyl halides is 3. The molecule has 0 unspecified atom stereocenters. The monoisotopic (exact) mass is 448 g/mol. The van der Waals surface area contributed by atoms with Gasteiger partial charge in [0.25, 0.3) is 0 Å². The van der Waals surface area contributed by atoms with Crippen LogP contribution >= 0.6 is 0 Å². The lowest BCUT2D eigenvalue weighted by molar-refractivity contribution is -0.138. The molecule has 1 aliphatic carbocycles. The molecule has 8 heteroatoms. The van der Waals surface area contributed by atoms with E-state index in [4.69, 9.17) is 15.9 Å². The van der Waals surface area contributed by atoms with Crippen LogP contribution in [0.2, 0.25) is 0 Å². The maximum absolute atomic E-state index is 13.9. The van der Waals surface area contributed by atoms with Gasteiger partial charge >= 0.3 is 6.18 Å². The van der Waals surface area contributed by atoms with Gasteiger partial charge in [0.2, 0.25) is 5.90 Å². The van der Waals surface area contributed by atoms with E-state index in [2.05, 4.69) is 4.99 Å². The van der Waals surface area contributed by atoms with Crippen LogP contribution in [0.15, 0.2) is 29.3 Å². The summed E-state index contributed by atoms with van der Waals surface area (Å²) in [6, 6.07) is 4.35. The molecule has 2 aliphatic heterocycles. The SMILES string of the molecule is N=C(N)N1CCC[C@H]1C1=NC(c2ccc(CCC3CCCC3)c(C(F)(F)F)c2)=CCCO1. The maximum Gasteiger partial charge on any atom is 0.416 e. The number of nitrogens with one attached hydrogen (secondary N) is 1. The fourth-order valence-corrected chi connectivity index (χ4v) is 5.10. The number of nitrogens with zero attached hydrogens (tertiary/aromatic N) is 2. The van der Waals surface area contributed by atoms with Crippen molar-refractivity contribution in [1.29, 1.82) is 5.41 Å². The molecule has 0 amide bonds. The van der Waals surface area contributed by atoms with Crippen molar-refractivity contribution in [3.8, 4) is 0 Å². The van der Waals surface area contributed by atoms with Gasteiger partial charge in [0.05, 0.1) is 17.9 Å². The zero-order chi connectivity index (χ0) is 22.7. The van der Waals surface area contributed by atoms with Gasteiger partial charge in [0.1, 0.15) is 6.04 Å². The van der Waals surface area contributed by atoms with Crippen LogP contribution in [0.25, 0.3) is 5.70 Å². The van der Waals surface area contributed by atoms with Gasteiger partial charge in [0.15, 0.2) is 5.96 Å². The summed E-state index contributed by atoms with van der Waals surface area (Å²) in [6.45, 7) is 1.05. The molecule has 0 aromatic heterocycles. The maximum atomic E-state index is 13.9. The number of guanidine groups is 1. The second-order valence-corrected chi connectivity index (χ2v) is 8.97. The molecule has 3 N–H and O–H groups in total. The normalized spacial score (nSPS) is 22.3. The Morgan fingerprint density at radius 1 is 1.19 bits per heavy atom. The van der Waals surface area contributed by atoms with Gasteiger partial charge in [0, 0.05) is 18.5 Å². The van der Waals surface area contributed by atoms with Crippen molar-refractivity contribution in [2.24, 2.45) is 16.6 Å². The van der Waals surface area contributed by atoms with Gasteiger partial charge < -0.3 is 15.4 Å². The average molecular weight is 449 g/mol. The Kier molecular flexibility index (Phi) is 6.76. The number of likely N-dealkylation sites (tertiary alicyclic amines) is 1. The molecule has 1 saturated heterocycles. The van der Waals surface area contributed by atoms with Crippen LogP contribution in [0, 0.1) is 11.3 Å². The second kappa shape index (κ2) is 9.55. The van der Waals surface area contributed by atoms with Gasteiger partial charge in [-0.2, -0.15) is 13.2 Å². The zero-order valence-corrected chi connectivity index (χ0v) is 18.3. The summed E-state index contributed by atoms with van der Waals surface area (Å²) in [5.41, 5.74) is 6.42. The number of rotatable bonds is 5. The summed E-state index contributed by atoms with van der Waals surface area (Å²) in [5, 5.41) is 7.78. The molecule has 1 atom stereocenters. The first-order valence-electron chi connectivity index (χ1n) is 11.6. The first kappa shape index (κ1) is 22.7. The molecule has 1 aromatic carbocycles. The molecule has 0 spiro atoms. The average Bonchev–Trinajstić information content (AvgIpc) is 3.39. The Hall–Kier alpha value is -2.51. The highest BCUT2D eigenvalue weighted by Gasteiger charge is 2.35. The summed E-state index contributed by atoms with van der Waals surface area (Å²) in [6.07, 6.45) is 5.47. The molecule has 0 radical (unpaired) electrons. The van der Waals surface area contributed by atoms with Crippen LogP contribution in [0.4, 0.5) is 13.2 Å². The van der Waals surface area contributed by atoms with E-state index in [-0.39, 0.29) is 12.0 Å². The lowest BCUT2D eigenvalue weighted by Gasteiger charge is -2.25. The van der Waals surface area contributed by atoms with E-state index in [9.17, 15) is 13.2 Å². The summed E-state index contributed by atoms with van der Waals surface area (Å²) in [5.74, 6) is 0.931. The summed E-state index contributed by atoms with van der Waals surface area (Å²) < 4.78 is 47.6. The van der Waals surface area contributed by atoms with Crippen LogP contribution in [0.1, 0.15) is 68.1 Å². The number of nitrogens with two attached hydrogens (primary N) is 1. The highest BCUT2D eigenvalue weighted by molar-refractivity contribution is 5.92. The van der Waals surface area contributed by atoms with E-state index in [0.717, 1.165) is 32.1 Å². The van der Waals surface area contributed by atoms with Gasteiger partial charge in [-0.05, 0) is 43.2 Å². The van der Waals surface area contributed by atoms with Gasteiger partial charge in [-0.1, -0.05) is 43.9 Å². The molecule has 2 fully saturated rings. The quantitative estimate of drug-likeness (QED) is 0.471. The van der Waals surface area contributed by atoms with E-state index in [1.807, 2.05) is 6.08 Å². The first-order chi connectivity index (χ1) is 15.3. The standard InChI is InChI=1S/C24H31F3N4O/c25-24(26,27)19-15-18(12-11-17(19)10-9-16-5-1-2-6-16)20-7-4-14-32-22(30-20)21-8-3-13-31(21)23(28)29/h7,11-12,15-16,21H,1-6,8-10,13-14H2,(H3,28,29)/t21-/m0/s1. The van der Waals surface area contributed by atoms with Gasteiger partial charge in [-0.25, -0.2) is 4.99 Å². The summed E-state index contributed by atoms with van der Waals surface area (Å²) in [7, 11) is 0. The molecule has 5 nitrogen and oxygen atoms in total. The lowest BCUT2D eigenvalue weighted by atomic mass is 9.93. The van der Waals surface area contributed by atoms with Crippen LogP contribution in [-0.4, -0.2) is 36.0 Å². The highest BCUT2D eigenvalue weighted by Crippen LogP contribution is 2.37. The van der Waals surface area contributed by atoms with Crippen LogP contribution in [0.5, 0.6) is 0 Å². The number of halogens is 3. The van der Waals surface area contributed by atoms with Crippen molar-refractivity contribution in [2.45, 2.75) is 70.0 Å². The van der Waals surface area contributed by atoms with E-state index >= 15 is 0 Å².